The Morgan fingerprint density at radius 3 is 2.68 bits per heavy atom. The largest absolute Gasteiger partial charge is 0.496 e. The van der Waals surface area contributed by atoms with Crippen LogP contribution in [0.1, 0.15) is 16.2 Å². The molecule has 0 spiro atoms. The fraction of sp³-hybridized carbons (Fsp3) is 0.353. The van der Waals surface area contributed by atoms with Gasteiger partial charge >= 0.3 is 0 Å². The molecule has 0 bridgehead atoms. The van der Waals surface area contributed by atoms with Crippen molar-refractivity contribution in [3.63, 3.8) is 0 Å². The number of nitrogens with one attached hydrogen (secondary N) is 2. The van der Waals surface area contributed by atoms with Crippen molar-refractivity contribution in [1.82, 2.24) is 15.3 Å². The standard InChI is InChI=1S/C17H22ClN5O2/c1-11-21-15(10-16(22-11)23(2)3)19-7-8-20-17(24)13-9-12(18)5-6-14(13)25-4/h5-6,9-10H,7-8H2,1-4H3,(H,20,24)(H,19,21,22). The monoisotopic (exact) mass is 363 g/mol. The van der Waals surface area contributed by atoms with Gasteiger partial charge in [0.1, 0.15) is 23.2 Å². The highest BCUT2D eigenvalue weighted by Crippen LogP contribution is 2.22. The number of amides is 1. The molecule has 7 nitrogen and oxygen atoms in total. The van der Waals surface area contributed by atoms with Crippen molar-refractivity contribution in [3.05, 3.63) is 40.7 Å². The SMILES string of the molecule is COc1ccc(Cl)cc1C(=O)NCCNc1cc(N(C)C)nc(C)n1. The summed E-state index contributed by atoms with van der Waals surface area (Å²) in [4.78, 5) is 22.9. The van der Waals surface area contributed by atoms with E-state index in [-0.39, 0.29) is 5.91 Å². The fourth-order valence-corrected chi connectivity index (χ4v) is 2.36. The average molecular weight is 364 g/mol. The lowest BCUT2D eigenvalue weighted by Gasteiger charge is -2.14. The lowest BCUT2D eigenvalue weighted by atomic mass is 10.2. The zero-order chi connectivity index (χ0) is 18.4. The average Bonchev–Trinajstić information content (AvgIpc) is 2.58. The van der Waals surface area contributed by atoms with E-state index in [1.165, 1.54) is 7.11 Å². The molecule has 0 saturated heterocycles. The van der Waals surface area contributed by atoms with Gasteiger partial charge in [-0.25, -0.2) is 9.97 Å². The highest BCUT2D eigenvalue weighted by atomic mass is 35.5. The van der Waals surface area contributed by atoms with E-state index in [2.05, 4.69) is 20.6 Å². The van der Waals surface area contributed by atoms with Crippen LogP contribution in [0.4, 0.5) is 11.6 Å². The van der Waals surface area contributed by atoms with Crippen LogP contribution in [0.5, 0.6) is 5.75 Å². The van der Waals surface area contributed by atoms with Crippen molar-refractivity contribution >= 4 is 29.1 Å². The minimum atomic E-state index is -0.242. The summed E-state index contributed by atoms with van der Waals surface area (Å²) in [5.74, 6) is 2.46. The summed E-state index contributed by atoms with van der Waals surface area (Å²) in [7, 11) is 5.36. The van der Waals surface area contributed by atoms with E-state index in [0.717, 1.165) is 5.82 Å². The molecule has 1 heterocycles. The van der Waals surface area contributed by atoms with Crippen molar-refractivity contribution in [2.45, 2.75) is 6.92 Å². The number of aromatic nitrogens is 2. The molecule has 1 aromatic carbocycles. The third-order valence-electron chi connectivity index (χ3n) is 3.41. The second kappa shape index (κ2) is 8.53. The molecule has 134 valence electrons. The highest BCUT2D eigenvalue weighted by molar-refractivity contribution is 6.31. The first-order valence-electron chi connectivity index (χ1n) is 7.79. The maximum Gasteiger partial charge on any atom is 0.255 e. The Morgan fingerprint density at radius 1 is 1.24 bits per heavy atom. The molecule has 0 unspecified atom stereocenters. The fourth-order valence-electron chi connectivity index (χ4n) is 2.19. The number of rotatable bonds is 7. The maximum atomic E-state index is 12.3. The van der Waals surface area contributed by atoms with E-state index in [4.69, 9.17) is 16.3 Å². The van der Waals surface area contributed by atoms with Crippen LogP contribution < -0.4 is 20.3 Å². The maximum absolute atomic E-state index is 12.3. The number of halogens is 1. The summed E-state index contributed by atoms with van der Waals surface area (Å²) in [5, 5.41) is 6.49. The molecule has 0 atom stereocenters. The molecule has 0 fully saturated rings. The number of carbonyl (C=O) groups is 1. The molecule has 2 N–H and O–H groups in total. The van der Waals surface area contributed by atoms with Crippen molar-refractivity contribution in [3.8, 4) is 5.75 Å². The number of hydrogen-bond donors (Lipinski definition) is 2. The van der Waals surface area contributed by atoms with Crippen LogP contribution in [0.25, 0.3) is 0 Å². The molecule has 2 rings (SSSR count). The lowest BCUT2D eigenvalue weighted by molar-refractivity contribution is 0.0952. The van der Waals surface area contributed by atoms with E-state index < -0.39 is 0 Å². The van der Waals surface area contributed by atoms with Crippen LogP contribution in [0.2, 0.25) is 5.02 Å². The smallest absolute Gasteiger partial charge is 0.255 e. The van der Waals surface area contributed by atoms with Crippen LogP contribution in [0.15, 0.2) is 24.3 Å². The summed E-state index contributed by atoms with van der Waals surface area (Å²) in [6, 6.07) is 6.79. The highest BCUT2D eigenvalue weighted by Gasteiger charge is 2.12. The summed E-state index contributed by atoms with van der Waals surface area (Å²) in [6.07, 6.45) is 0. The number of benzene rings is 1. The Balaban J connectivity index is 1.91. The van der Waals surface area contributed by atoms with Crippen LogP contribution in [-0.2, 0) is 0 Å². The van der Waals surface area contributed by atoms with Gasteiger partial charge in [0, 0.05) is 38.3 Å². The predicted octanol–water partition coefficient (Wildman–Crippen LogP) is 2.35. The van der Waals surface area contributed by atoms with Gasteiger partial charge < -0.3 is 20.3 Å². The number of aryl methyl sites for hydroxylation is 1. The number of hydrogen-bond acceptors (Lipinski definition) is 6. The van der Waals surface area contributed by atoms with Gasteiger partial charge in [-0.1, -0.05) is 11.6 Å². The number of methoxy groups -OCH3 is 1. The van der Waals surface area contributed by atoms with Gasteiger partial charge in [-0.2, -0.15) is 0 Å². The lowest BCUT2D eigenvalue weighted by Crippen LogP contribution is -2.29. The molecule has 0 radical (unpaired) electrons. The van der Waals surface area contributed by atoms with Gasteiger partial charge in [0.05, 0.1) is 12.7 Å². The Labute approximate surface area is 152 Å². The quantitative estimate of drug-likeness (QED) is 0.735. The molecule has 2 aromatic rings. The Hall–Kier alpha value is -2.54. The zero-order valence-electron chi connectivity index (χ0n) is 14.8. The van der Waals surface area contributed by atoms with Crippen molar-refractivity contribution < 1.29 is 9.53 Å². The van der Waals surface area contributed by atoms with E-state index in [1.54, 1.807) is 18.2 Å². The van der Waals surface area contributed by atoms with Gasteiger partial charge in [0.25, 0.3) is 5.91 Å². The van der Waals surface area contributed by atoms with Crippen LogP contribution in [0.3, 0.4) is 0 Å². The molecular formula is C17H22ClN5O2. The molecule has 0 aliphatic carbocycles. The Kier molecular flexibility index (Phi) is 6.41. The van der Waals surface area contributed by atoms with Gasteiger partial charge in [0.2, 0.25) is 0 Å². The number of carbonyl (C=O) groups excluding carboxylic acids is 1. The van der Waals surface area contributed by atoms with Crippen LogP contribution >= 0.6 is 11.6 Å². The zero-order valence-corrected chi connectivity index (χ0v) is 15.5. The minimum absolute atomic E-state index is 0.242. The second-order valence-corrected chi connectivity index (χ2v) is 6.02. The molecule has 0 aliphatic rings. The summed E-state index contributed by atoms with van der Waals surface area (Å²) in [6.45, 7) is 2.79. The first kappa shape index (κ1) is 18.8. The second-order valence-electron chi connectivity index (χ2n) is 5.58. The van der Waals surface area contributed by atoms with Gasteiger partial charge in [-0.3, -0.25) is 4.79 Å². The van der Waals surface area contributed by atoms with E-state index in [9.17, 15) is 4.79 Å². The third-order valence-corrected chi connectivity index (χ3v) is 3.64. The molecule has 0 saturated carbocycles. The number of nitrogens with zero attached hydrogens (tertiary/aromatic N) is 3. The van der Waals surface area contributed by atoms with Crippen molar-refractivity contribution in [2.75, 3.05) is 44.5 Å². The van der Waals surface area contributed by atoms with Gasteiger partial charge in [-0.15, -0.1) is 0 Å². The molecule has 8 heteroatoms. The van der Waals surface area contributed by atoms with Crippen LogP contribution in [0, 0.1) is 6.92 Å². The Bertz CT molecular complexity index is 752. The summed E-state index contributed by atoms with van der Waals surface area (Å²) in [5.41, 5.74) is 0.405. The van der Waals surface area contributed by atoms with Crippen LogP contribution in [-0.4, -0.2) is 50.2 Å². The van der Waals surface area contributed by atoms with E-state index >= 15 is 0 Å². The summed E-state index contributed by atoms with van der Waals surface area (Å²) >= 11 is 5.95. The molecule has 1 amide bonds. The van der Waals surface area contributed by atoms with Gasteiger partial charge in [0.15, 0.2) is 0 Å². The number of anilines is 2. The van der Waals surface area contributed by atoms with E-state index in [1.807, 2.05) is 32.0 Å². The number of ether oxygens (including phenoxy) is 1. The first-order valence-corrected chi connectivity index (χ1v) is 8.17. The third kappa shape index (κ3) is 5.22. The molecule has 25 heavy (non-hydrogen) atoms. The molecular weight excluding hydrogens is 342 g/mol. The van der Waals surface area contributed by atoms with E-state index in [0.29, 0.717) is 41.1 Å². The van der Waals surface area contributed by atoms with Gasteiger partial charge in [-0.05, 0) is 25.1 Å². The topological polar surface area (TPSA) is 79.4 Å². The van der Waals surface area contributed by atoms with Crippen molar-refractivity contribution in [2.24, 2.45) is 0 Å². The summed E-state index contributed by atoms with van der Waals surface area (Å²) < 4.78 is 5.19. The predicted molar refractivity (Wildman–Crippen MR) is 99.9 cm³/mol. The van der Waals surface area contributed by atoms with Crippen molar-refractivity contribution in [1.29, 1.82) is 0 Å². The minimum Gasteiger partial charge on any atom is -0.496 e. The Morgan fingerprint density at radius 2 is 2.00 bits per heavy atom. The molecule has 1 aromatic heterocycles. The molecule has 0 aliphatic heterocycles. The first-order chi connectivity index (χ1) is 11.9. The normalized spacial score (nSPS) is 10.3.